The highest BCUT2D eigenvalue weighted by molar-refractivity contribution is 7.89. The second-order valence-electron chi connectivity index (χ2n) is 10.3. The van der Waals surface area contributed by atoms with E-state index >= 15 is 0 Å². The quantitative estimate of drug-likeness (QED) is 0.293. The summed E-state index contributed by atoms with van der Waals surface area (Å²) in [5.41, 5.74) is -0.103. The normalized spacial score (nSPS) is 21.6. The number of piperidine rings is 1. The number of carbonyl (C=O) groups excluding carboxylic acids is 1. The van der Waals surface area contributed by atoms with Crippen LogP contribution in [-0.2, 0) is 29.6 Å². The van der Waals surface area contributed by atoms with Crippen LogP contribution in [0.2, 0.25) is 0 Å². The molecule has 0 unspecified atom stereocenters. The Morgan fingerprint density at radius 2 is 1.93 bits per heavy atom. The summed E-state index contributed by atoms with van der Waals surface area (Å²) in [6.45, 7) is 1.16. The van der Waals surface area contributed by atoms with Gasteiger partial charge < -0.3 is 30.0 Å². The highest BCUT2D eigenvalue weighted by Crippen LogP contribution is 2.38. The van der Waals surface area contributed by atoms with Crippen LogP contribution in [0.4, 0.5) is 5.69 Å². The van der Waals surface area contributed by atoms with Gasteiger partial charge in [0.25, 0.3) is 5.91 Å². The van der Waals surface area contributed by atoms with E-state index in [4.69, 9.17) is 14.2 Å². The average molecular weight is 611 g/mol. The Hall–Kier alpha value is -2.79. The van der Waals surface area contributed by atoms with Crippen molar-refractivity contribution in [3.63, 3.8) is 0 Å². The van der Waals surface area contributed by atoms with Gasteiger partial charge in [0.2, 0.25) is 20.0 Å². The first-order chi connectivity index (χ1) is 19.5. The fourth-order valence-corrected chi connectivity index (χ4v) is 7.47. The molecule has 0 aromatic heterocycles. The van der Waals surface area contributed by atoms with Crippen molar-refractivity contribution in [1.82, 2.24) is 14.3 Å². The number of hydrogen-bond acceptors (Lipinski definition) is 10. The maximum absolute atomic E-state index is 13.3. The molecule has 15 heteroatoms. The maximum atomic E-state index is 13.3. The molecule has 2 fully saturated rings. The lowest BCUT2D eigenvalue weighted by Gasteiger charge is -2.38. The van der Waals surface area contributed by atoms with Crippen LogP contribution < -0.4 is 24.8 Å². The van der Waals surface area contributed by atoms with Gasteiger partial charge in [0.15, 0.2) is 6.61 Å². The number of aliphatic hydroxyl groups is 1. The van der Waals surface area contributed by atoms with Gasteiger partial charge in [-0.3, -0.25) is 4.79 Å². The third-order valence-electron chi connectivity index (χ3n) is 7.53. The molecule has 1 spiro atoms. The van der Waals surface area contributed by atoms with Crippen LogP contribution in [0.3, 0.4) is 0 Å². The molecule has 3 aliphatic heterocycles. The molecule has 2 aromatic carbocycles. The SMILES string of the molecule is CNS(=O)(=O)c1cccc(OC[C@@H](O)CN[C@@H]2COC3(CCN(S(=O)(=O)c4ccc5c(c4)NC(=O)CO5)CC3)C2)c1. The number of amides is 1. The Balaban J connectivity index is 1.09. The molecule has 5 rings (SSSR count). The zero-order valence-corrected chi connectivity index (χ0v) is 24.2. The van der Waals surface area contributed by atoms with E-state index in [0.29, 0.717) is 56.1 Å². The number of nitrogens with zero attached hydrogens (tertiary/aromatic N) is 1. The predicted octanol–water partition coefficient (Wildman–Crippen LogP) is 0.267. The topological polar surface area (TPSA) is 173 Å². The molecule has 1 amide bonds. The lowest BCUT2D eigenvalue weighted by molar-refractivity contribution is -0.118. The molecular weight excluding hydrogens is 576 g/mol. The molecule has 3 aliphatic rings. The van der Waals surface area contributed by atoms with Gasteiger partial charge in [0.05, 0.1) is 27.7 Å². The van der Waals surface area contributed by atoms with Crippen LogP contribution in [0.5, 0.6) is 11.5 Å². The van der Waals surface area contributed by atoms with Crippen molar-refractivity contribution in [2.75, 3.05) is 51.8 Å². The Kier molecular flexibility index (Phi) is 8.57. The second-order valence-corrected chi connectivity index (χ2v) is 14.2. The van der Waals surface area contributed by atoms with Gasteiger partial charge in [-0.05, 0) is 56.6 Å². The minimum absolute atomic E-state index is 0.0128. The molecule has 2 saturated heterocycles. The van der Waals surface area contributed by atoms with Crippen LogP contribution in [0.1, 0.15) is 19.3 Å². The van der Waals surface area contributed by atoms with E-state index in [1.54, 1.807) is 18.2 Å². The smallest absolute Gasteiger partial charge is 0.262 e. The Morgan fingerprint density at radius 3 is 2.68 bits per heavy atom. The van der Waals surface area contributed by atoms with Gasteiger partial charge in [0.1, 0.15) is 24.2 Å². The van der Waals surface area contributed by atoms with Crippen molar-refractivity contribution >= 4 is 31.6 Å². The van der Waals surface area contributed by atoms with Crippen LogP contribution in [0.15, 0.2) is 52.3 Å². The van der Waals surface area contributed by atoms with Crippen molar-refractivity contribution in [1.29, 1.82) is 0 Å². The molecule has 3 heterocycles. The van der Waals surface area contributed by atoms with Crippen molar-refractivity contribution in [3.8, 4) is 11.5 Å². The number of aliphatic hydroxyl groups excluding tert-OH is 1. The molecule has 0 radical (unpaired) electrons. The van der Waals surface area contributed by atoms with E-state index in [9.17, 15) is 26.7 Å². The minimum Gasteiger partial charge on any atom is -0.491 e. The summed E-state index contributed by atoms with van der Waals surface area (Å²) in [6.07, 6.45) is 0.912. The number of anilines is 1. The van der Waals surface area contributed by atoms with E-state index in [2.05, 4.69) is 15.4 Å². The molecule has 0 bridgehead atoms. The van der Waals surface area contributed by atoms with Crippen LogP contribution in [-0.4, -0.2) is 96.4 Å². The van der Waals surface area contributed by atoms with Gasteiger partial charge in [0, 0.05) is 31.7 Å². The van der Waals surface area contributed by atoms with Crippen LogP contribution in [0, 0.1) is 0 Å². The average Bonchev–Trinajstić information content (AvgIpc) is 3.36. The van der Waals surface area contributed by atoms with Crippen LogP contribution >= 0.6 is 0 Å². The standard InChI is InChI=1S/C26H34N4O9S2/c1-27-40(33,34)21-4-2-3-20(11-21)37-16-19(31)14-28-18-13-26(39-15-18)7-9-30(10-8-26)41(35,36)22-5-6-24-23(12-22)29-25(32)17-38-24/h2-6,11-12,18-19,27-28,31H,7-10,13-17H2,1H3,(H,29,32)/t18-,19-/m0/s1. The van der Waals surface area contributed by atoms with Gasteiger partial charge >= 0.3 is 0 Å². The minimum atomic E-state index is -3.76. The third kappa shape index (κ3) is 6.66. The Bertz CT molecular complexity index is 1490. The first-order valence-electron chi connectivity index (χ1n) is 13.3. The summed E-state index contributed by atoms with van der Waals surface area (Å²) >= 11 is 0. The zero-order valence-electron chi connectivity index (χ0n) is 22.5. The summed E-state index contributed by atoms with van der Waals surface area (Å²) in [4.78, 5) is 11.8. The number of carbonyl (C=O) groups is 1. The number of sulfonamides is 2. The summed E-state index contributed by atoms with van der Waals surface area (Å²) in [6, 6.07) is 10.5. The summed E-state index contributed by atoms with van der Waals surface area (Å²) in [7, 11) is -6.03. The van der Waals surface area contributed by atoms with Gasteiger partial charge in [-0.15, -0.1) is 0 Å². The van der Waals surface area contributed by atoms with Gasteiger partial charge in [-0.2, -0.15) is 4.31 Å². The molecule has 13 nitrogen and oxygen atoms in total. The van der Waals surface area contributed by atoms with E-state index < -0.39 is 31.8 Å². The maximum Gasteiger partial charge on any atom is 0.262 e. The zero-order chi connectivity index (χ0) is 29.3. The molecule has 0 saturated carbocycles. The van der Waals surface area contributed by atoms with Crippen LogP contribution in [0.25, 0.3) is 0 Å². The third-order valence-corrected chi connectivity index (χ3v) is 10.8. The van der Waals surface area contributed by atoms with Crippen molar-refractivity contribution in [2.45, 2.75) is 46.8 Å². The first-order valence-corrected chi connectivity index (χ1v) is 16.2. The van der Waals surface area contributed by atoms with Crippen molar-refractivity contribution in [3.05, 3.63) is 42.5 Å². The number of benzene rings is 2. The molecule has 4 N–H and O–H groups in total. The van der Waals surface area contributed by atoms with Crippen molar-refractivity contribution in [2.24, 2.45) is 0 Å². The highest BCUT2D eigenvalue weighted by atomic mass is 32.2. The molecular formula is C26H34N4O9S2. The fourth-order valence-electron chi connectivity index (χ4n) is 5.23. The summed E-state index contributed by atoms with van der Waals surface area (Å²) < 4.78 is 71.3. The number of hydrogen-bond donors (Lipinski definition) is 4. The first kappa shape index (κ1) is 29.7. The number of fused-ring (bicyclic) bond motifs is 1. The van der Waals surface area contributed by atoms with Gasteiger partial charge in [-0.1, -0.05) is 6.07 Å². The fraction of sp³-hybridized carbons (Fsp3) is 0.500. The Labute approximate surface area is 239 Å². The number of ether oxygens (including phenoxy) is 3. The second kappa shape index (κ2) is 11.8. The molecule has 41 heavy (non-hydrogen) atoms. The van der Waals surface area contributed by atoms with E-state index in [-0.39, 0.29) is 41.5 Å². The predicted molar refractivity (Wildman–Crippen MR) is 148 cm³/mol. The molecule has 2 atom stereocenters. The monoisotopic (exact) mass is 610 g/mol. The highest BCUT2D eigenvalue weighted by Gasteiger charge is 2.44. The van der Waals surface area contributed by atoms with E-state index in [1.807, 2.05) is 0 Å². The summed E-state index contributed by atoms with van der Waals surface area (Å²) in [5, 5.41) is 16.3. The number of nitrogens with one attached hydrogen (secondary N) is 3. The van der Waals surface area contributed by atoms with Gasteiger partial charge in [-0.25, -0.2) is 21.6 Å². The summed E-state index contributed by atoms with van der Waals surface area (Å²) in [5.74, 6) is 0.435. The largest absolute Gasteiger partial charge is 0.491 e. The lowest BCUT2D eigenvalue weighted by Crippen LogP contribution is -2.47. The lowest BCUT2D eigenvalue weighted by atomic mass is 9.88. The van der Waals surface area contributed by atoms with E-state index in [1.165, 1.54) is 35.6 Å². The Morgan fingerprint density at radius 1 is 1.15 bits per heavy atom. The molecule has 224 valence electrons. The number of rotatable bonds is 10. The van der Waals surface area contributed by atoms with E-state index in [0.717, 1.165) is 0 Å². The molecule has 2 aromatic rings. The molecule has 0 aliphatic carbocycles. The van der Waals surface area contributed by atoms with Crippen molar-refractivity contribution < 1.29 is 40.9 Å².